The van der Waals surface area contributed by atoms with Crippen LogP contribution >= 0.6 is 0 Å². The van der Waals surface area contributed by atoms with Crippen LogP contribution in [0.15, 0.2) is 12.5 Å². The van der Waals surface area contributed by atoms with E-state index in [9.17, 15) is 0 Å². The largest absolute Gasteiger partial charge is 0.402 e. The first kappa shape index (κ1) is 7.32. The maximum Gasteiger partial charge on any atom is 0.0958 e. The molecule has 0 N–H and O–H groups in total. The molecule has 0 aliphatic carbocycles. The summed E-state index contributed by atoms with van der Waals surface area (Å²) < 4.78 is 4.10. The van der Waals surface area contributed by atoms with Crippen LogP contribution in [0.4, 0.5) is 0 Å². The van der Waals surface area contributed by atoms with Crippen LogP contribution in [0.3, 0.4) is 0 Å². The molecule has 2 nitrogen and oxygen atoms in total. The van der Waals surface area contributed by atoms with E-state index in [4.69, 9.17) is 0 Å². The minimum Gasteiger partial charge on any atom is -0.402 e. The summed E-state index contributed by atoms with van der Waals surface area (Å²) in [7, 11) is 1.99. The number of aromatic nitrogens is 2. The third-order valence-electron chi connectivity index (χ3n) is 1.52. The topological polar surface area (TPSA) is 8.81 Å². The fourth-order valence-electron chi connectivity index (χ4n) is 0.917. The van der Waals surface area contributed by atoms with Gasteiger partial charge in [-0.1, -0.05) is 13.3 Å². The molecule has 0 fully saturated rings. The van der Waals surface area contributed by atoms with Crippen molar-refractivity contribution in [3.05, 3.63) is 18.7 Å². The summed E-state index contributed by atoms with van der Waals surface area (Å²) in [5.41, 5.74) is 0. The molecule has 10 heavy (non-hydrogen) atoms. The van der Waals surface area contributed by atoms with Crippen LogP contribution < -0.4 is 4.57 Å². The minimum atomic E-state index is 1.12. The maximum absolute atomic E-state index is 3.06. The van der Waals surface area contributed by atoms with E-state index in [0.29, 0.717) is 0 Å². The molecular formula is C8H14N2. The van der Waals surface area contributed by atoms with Crippen molar-refractivity contribution in [3.8, 4) is 0 Å². The molecule has 1 heterocycles. The normalized spacial score (nSPS) is 10.2. The van der Waals surface area contributed by atoms with Crippen LogP contribution in [0, 0.1) is 6.20 Å². The molecule has 1 aromatic heterocycles. The van der Waals surface area contributed by atoms with Crippen molar-refractivity contribution in [2.24, 2.45) is 7.05 Å². The Morgan fingerprint density at radius 3 is 2.90 bits per heavy atom. The van der Waals surface area contributed by atoms with E-state index in [1.807, 2.05) is 17.8 Å². The molecule has 0 aromatic carbocycles. The molecule has 1 aromatic rings. The monoisotopic (exact) mass is 138 g/mol. The van der Waals surface area contributed by atoms with Crippen molar-refractivity contribution in [2.75, 3.05) is 0 Å². The van der Waals surface area contributed by atoms with Crippen LogP contribution in [0.25, 0.3) is 0 Å². The summed E-state index contributed by atoms with van der Waals surface area (Å²) in [6, 6.07) is 0. The quantitative estimate of drug-likeness (QED) is 0.433. The van der Waals surface area contributed by atoms with E-state index in [-0.39, 0.29) is 0 Å². The van der Waals surface area contributed by atoms with Crippen LogP contribution in [0.1, 0.15) is 19.8 Å². The van der Waals surface area contributed by atoms with Gasteiger partial charge in [-0.25, -0.2) is 0 Å². The molecule has 0 aliphatic rings. The number of hydrogen-bond donors (Lipinski definition) is 0. The average molecular weight is 138 g/mol. The molecule has 0 aliphatic heterocycles. The van der Waals surface area contributed by atoms with Gasteiger partial charge in [-0.15, -0.1) is 0 Å². The Labute approximate surface area is 62.1 Å². The van der Waals surface area contributed by atoms with Gasteiger partial charge in [-0.05, 0) is 12.6 Å². The van der Waals surface area contributed by atoms with E-state index >= 15 is 0 Å². The molecular weight excluding hydrogens is 124 g/mol. The van der Waals surface area contributed by atoms with E-state index in [1.54, 1.807) is 0 Å². The van der Waals surface area contributed by atoms with E-state index in [2.05, 4.69) is 24.0 Å². The fourth-order valence-corrected chi connectivity index (χ4v) is 0.917. The van der Waals surface area contributed by atoms with Crippen molar-refractivity contribution >= 4 is 0 Å². The number of aryl methyl sites for hydroxylation is 2. The third kappa shape index (κ3) is 1.87. The van der Waals surface area contributed by atoms with E-state index in [1.165, 1.54) is 12.8 Å². The number of nitrogens with zero attached hydrogens (tertiary/aromatic N) is 2. The summed E-state index contributed by atoms with van der Waals surface area (Å²) in [6.07, 6.45) is 9.59. The summed E-state index contributed by atoms with van der Waals surface area (Å²) in [5.74, 6) is 0. The van der Waals surface area contributed by atoms with Gasteiger partial charge in [0.15, 0.2) is 0 Å². The van der Waals surface area contributed by atoms with Crippen molar-refractivity contribution in [1.29, 1.82) is 0 Å². The molecule has 0 spiro atoms. The van der Waals surface area contributed by atoms with Crippen molar-refractivity contribution in [2.45, 2.75) is 26.3 Å². The summed E-state index contributed by atoms with van der Waals surface area (Å²) in [6.45, 7) is 3.32. The van der Waals surface area contributed by atoms with Crippen LogP contribution in [-0.2, 0) is 13.6 Å². The SMILES string of the molecule is CCCCn1c[c-][n+](C)c1. The van der Waals surface area contributed by atoms with Gasteiger partial charge in [0.2, 0.25) is 0 Å². The molecule has 0 bridgehead atoms. The fraction of sp³-hybridized carbons (Fsp3) is 0.625. The average Bonchev–Trinajstić information content (AvgIpc) is 2.31. The number of unbranched alkanes of at least 4 members (excludes halogenated alkanes) is 1. The lowest BCUT2D eigenvalue weighted by molar-refractivity contribution is -0.675. The molecule has 1 rings (SSSR count). The van der Waals surface area contributed by atoms with Crippen molar-refractivity contribution in [3.63, 3.8) is 0 Å². The molecule has 0 atom stereocenters. The summed E-state index contributed by atoms with van der Waals surface area (Å²) >= 11 is 0. The standard InChI is InChI=1S/C8H14N2/c1-3-4-5-10-7-6-9(2)8-10/h7-8H,3-5H2,1-2H3. The first-order chi connectivity index (χ1) is 4.83. The highest BCUT2D eigenvalue weighted by molar-refractivity contribution is 4.63. The predicted molar refractivity (Wildman–Crippen MR) is 39.4 cm³/mol. The van der Waals surface area contributed by atoms with Crippen LogP contribution in [-0.4, -0.2) is 4.57 Å². The molecule has 0 unspecified atom stereocenters. The number of hydrogen-bond acceptors (Lipinski definition) is 0. The first-order valence-electron chi connectivity index (χ1n) is 3.76. The second-order valence-electron chi connectivity index (χ2n) is 2.58. The van der Waals surface area contributed by atoms with Crippen LogP contribution in [0.2, 0.25) is 0 Å². The zero-order valence-electron chi connectivity index (χ0n) is 6.67. The molecule has 0 amide bonds. The maximum atomic E-state index is 3.06. The van der Waals surface area contributed by atoms with Gasteiger partial charge in [-0.2, -0.15) is 0 Å². The third-order valence-corrected chi connectivity index (χ3v) is 1.52. The van der Waals surface area contributed by atoms with Gasteiger partial charge >= 0.3 is 0 Å². The van der Waals surface area contributed by atoms with Gasteiger partial charge < -0.3 is 9.13 Å². The first-order valence-corrected chi connectivity index (χ1v) is 3.76. The molecule has 56 valence electrons. The highest BCUT2D eigenvalue weighted by Crippen LogP contribution is 1.91. The smallest absolute Gasteiger partial charge is 0.0958 e. The summed E-state index contributed by atoms with van der Waals surface area (Å²) in [5, 5.41) is 0. The van der Waals surface area contributed by atoms with E-state index < -0.39 is 0 Å². The van der Waals surface area contributed by atoms with Crippen LogP contribution in [0.5, 0.6) is 0 Å². The van der Waals surface area contributed by atoms with Gasteiger partial charge in [0.25, 0.3) is 0 Å². The zero-order valence-corrected chi connectivity index (χ0v) is 6.67. The lowest BCUT2D eigenvalue weighted by atomic mass is 10.3. The van der Waals surface area contributed by atoms with Gasteiger partial charge in [-0.3, -0.25) is 0 Å². The highest BCUT2D eigenvalue weighted by atomic mass is 15.1. The summed E-state index contributed by atoms with van der Waals surface area (Å²) in [4.78, 5) is 0. The lowest BCUT2D eigenvalue weighted by Gasteiger charge is -1.96. The van der Waals surface area contributed by atoms with E-state index in [0.717, 1.165) is 6.54 Å². The Morgan fingerprint density at radius 2 is 2.40 bits per heavy atom. The van der Waals surface area contributed by atoms with Gasteiger partial charge in [0.05, 0.1) is 12.9 Å². The Morgan fingerprint density at radius 1 is 1.60 bits per heavy atom. The lowest BCUT2D eigenvalue weighted by Crippen LogP contribution is -2.24. The molecule has 2 heteroatoms. The number of rotatable bonds is 3. The number of imidazole rings is 1. The Bertz CT molecular complexity index is 191. The second-order valence-corrected chi connectivity index (χ2v) is 2.58. The minimum absolute atomic E-state index is 1.12. The predicted octanol–water partition coefficient (Wildman–Crippen LogP) is 0.913. The van der Waals surface area contributed by atoms with Crippen molar-refractivity contribution in [1.82, 2.24) is 4.57 Å². The zero-order chi connectivity index (χ0) is 7.40. The van der Waals surface area contributed by atoms with Gasteiger partial charge in [0, 0.05) is 13.2 Å². The van der Waals surface area contributed by atoms with Crippen molar-refractivity contribution < 1.29 is 4.57 Å². The Kier molecular flexibility index (Phi) is 2.49. The molecule has 0 saturated heterocycles. The second kappa shape index (κ2) is 3.40. The Balaban J connectivity index is 2.42. The molecule has 0 saturated carbocycles. The van der Waals surface area contributed by atoms with Gasteiger partial charge in [0.1, 0.15) is 0 Å². The highest BCUT2D eigenvalue weighted by Gasteiger charge is 1.88. The molecule has 0 radical (unpaired) electrons. The Hall–Kier alpha value is -0.790.